The Labute approximate surface area is 131 Å². The molecule has 0 spiro atoms. The molecule has 2 atom stereocenters. The first-order valence-corrected chi connectivity index (χ1v) is 7.15. The third-order valence-corrected chi connectivity index (χ3v) is 3.90. The average molecular weight is 323 g/mol. The number of anilines is 1. The summed E-state index contributed by atoms with van der Waals surface area (Å²) in [5.74, 6) is -0.928. The summed E-state index contributed by atoms with van der Waals surface area (Å²) in [5.41, 5.74) is -1.60. The first-order chi connectivity index (χ1) is 10.7. The predicted octanol–water partition coefficient (Wildman–Crippen LogP) is 2.68. The first kappa shape index (κ1) is 16.7. The van der Waals surface area contributed by atoms with E-state index >= 15 is 0 Å². The molecule has 1 aliphatic heterocycles. The van der Waals surface area contributed by atoms with Gasteiger partial charge < -0.3 is 10.0 Å². The van der Waals surface area contributed by atoms with E-state index in [0.717, 1.165) is 18.6 Å². The second-order valence-corrected chi connectivity index (χ2v) is 6.03. The van der Waals surface area contributed by atoms with E-state index in [4.69, 9.17) is 0 Å². The Hall–Kier alpha value is -2.71. The molecule has 0 aliphatic carbocycles. The quantitative estimate of drug-likeness (QED) is 0.666. The summed E-state index contributed by atoms with van der Waals surface area (Å²) in [6, 6.07) is 1.71. The molecule has 1 saturated heterocycles. The minimum absolute atomic E-state index is 0.0495. The van der Waals surface area contributed by atoms with Gasteiger partial charge in [0.2, 0.25) is 0 Å². The Morgan fingerprint density at radius 1 is 1.17 bits per heavy atom. The lowest BCUT2D eigenvalue weighted by Gasteiger charge is -2.36. The highest BCUT2D eigenvalue weighted by Crippen LogP contribution is 2.39. The molecule has 0 aromatic heterocycles. The van der Waals surface area contributed by atoms with Gasteiger partial charge in [0, 0.05) is 19.2 Å². The van der Waals surface area contributed by atoms with Crippen LogP contribution in [0.2, 0.25) is 0 Å². The average Bonchev–Trinajstić information content (AvgIpc) is 2.44. The van der Waals surface area contributed by atoms with Gasteiger partial charge in [-0.15, -0.1) is 0 Å². The molecule has 0 amide bonds. The maximum Gasteiger partial charge on any atom is 0.338 e. The van der Waals surface area contributed by atoms with Gasteiger partial charge in [-0.25, -0.2) is 4.79 Å². The lowest BCUT2D eigenvalue weighted by molar-refractivity contribution is -0.393. The number of hydrogen-bond donors (Lipinski definition) is 1. The highest BCUT2D eigenvalue weighted by Gasteiger charge is 2.33. The zero-order chi connectivity index (χ0) is 17.3. The fraction of sp³-hybridized carbons (Fsp3) is 0.500. The lowest BCUT2D eigenvalue weighted by Crippen LogP contribution is -2.39. The number of non-ortho nitro benzene ring substituents is 1. The largest absolute Gasteiger partial charge is 0.478 e. The summed E-state index contributed by atoms with van der Waals surface area (Å²) in [4.78, 5) is 33.8. The van der Waals surface area contributed by atoms with E-state index in [1.54, 1.807) is 4.90 Å². The number of carboxylic acid groups (broad SMARTS) is 1. The van der Waals surface area contributed by atoms with Crippen molar-refractivity contribution in [2.24, 2.45) is 11.8 Å². The highest BCUT2D eigenvalue weighted by atomic mass is 16.6. The summed E-state index contributed by atoms with van der Waals surface area (Å²) in [6.45, 7) is 4.92. The van der Waals surface area contributed by atoms with Crippen LogP contribution < -0.4 is 4.90 Å². The number of aromatic carboxylic acids is 1. The zero-order valence-electron chi connectivity index (χ0n) is 12.8. The second kappa shape index (κ2) is 6.19. The Morgan fingerprint density at radius 3 is 2.17 bits per heavy atom. The first-order valence-electron chi connectivity index (χ1n) is 7.15. The number of nitrogens with zero attached hydrogens (tertiary/aromatic N) is 3. The molecule has 0 saturated carbocycles. The summed E-state index contributed by atoms with van der Waals surface area (Å²) < 4.78 is 0. The Morgan fingerprint density at radius 2 is 1.74 bits per heavy atom. The Bertz CT molecular complexity index is 629. The molecule has 124 valence electrons. The van der Waals surface area contributed by atoms with Crippen molar-refractivity contribution in [1.82, 2.24) is 0 Å². The molecular weight excluding hydrogens is 306 g/mol. The zero-order valence-corrected chi connectivity index (χ0v) is 12.8. The fourth-order valence-corrected chi connectivity index (χ4v) is 3.19. The topological polar surface area (TPSA) is 127 Å². The van der Waals surface area contributed by atoms with Crippen LogP contribution in [-0.4, -0.2) is 34.0 Å². The molecule has 0 bridgehead atoms. The van der Waals surface area contributed by atoms with Crippen molar-refractivity contribution in [1.29, 1.82) is 0 Å². The van der Waals surface area contributed by atoms with Crippen molar-refractivity contribution in [3.63, 3.8) is 0 Å². The number of hydrogen-bond acceptors (Lipinski definition) is 6. The number of nitro benzene ring substituents is 2. The van der Waals surface area contributed by atoms with E-state index in [0.29, 0.717) is 13.1 Å². The van der Waals surface area contributed by atoms with Crippen LogP contribution in [0.25, 0.3) is 0 Å². The minimum atomic E-state index is -1.42. The highest BCUT2D eigenvalue weighted by molar-refractivity contribution is 5.98. The summed E-state index contributed by atoms with van der Waals surface area (Å²) in [7, 11) is 0. The van der Waals surface area contributed by atoms with E-state index < -0.39 is 32.8 Å². The smallest absolute Gasteiger partial charge is 0.338 e. The molecule has 1 heterocycles. The standard InChI is InChI=1S/C14H17N3O6/c1-8-3-9(2)7-15(6-8)13-11(14(18)19)4-10(16(20)21)5-12(13)17(22)23/h4-5,8-9H,3,6-7H2,1-2H3,(H,18,19). The van der Waals surface area contributed by atoms with E-state index in [2.05, 4.69) is 0 Å². The molecule has 23 heavy (non-hydrogen) atoms. The van der Waals surface area contributed by atoms with Gasteiger partial charge in [0.05, 0.1) is 21.5 Å². The maximum atomic E-state index is 11.5. The van der Waals surface area contributed by atoms with Crippen molar-refractivity contribution in [2.45, 2.75) is 20.3 Å². The molecule has 0 radical (unpaired) electrons. The second-order valence-electron chi connectivity index (χ2n) is 6.03. The molecule has 1 N–H and O–H groups in total. The number of carboxylic acids is 1. The number of nitro groups is 2. The van der Waals surface area contributed by atoms with Crippen molar-refractivity contribution < 1.29 is 19.7 Å². The molecule has 1 aliphatic rings. The van der Waals surface area contributed by atoms with Crippen LogP contribution in [0.4, 0.5) is 17.1 Å². The molecular formula is C14H17N3O6. The van der Waals surface area contributed by atoms with Crippen LogP contribution in [-0.2, 0) is 0 Å². The van der Waals surface area contributed by atoms with Gasteiger partial charge in [0.1, 0.15) is 5.69 Å². The van der Waals surface area contributed by atoms with E-state index in [1.165, 1.54) is 0 Å². The number of benzene rings is 1. The van der Waals surface area contributed by atoms with Gasteiger partial charge in [-0.05, 0) is 18.3 Å². The van der Waals surface area contributed by atoms with Gasteiger partial charge in [-0.2, -0.15) is 0 Å². The monoisotopic (exact) mass is 323 g/mol. The van der Waals surface area contributed by atoms with Crippen LogP contribution in [0, 0.1) is 32.1 Å². The molecule has 1 aromatic carbocycles. The number of rotatable bonds is 4. The number of piperidine rings is 1. The minimum Gasteiger partial charge on any atom is -0.478 e. The molecule has 2 rings (SSSR count). The third kappa shape index (κ3) is 3.38. The van der Waals surface area contributed by atoms with Gasteiger partial charge >= 0.3 is 5.97 Å². The summed E-state index contributed by atoms with van der Waals surface area (Å²) in [6.07, 6.45) is 0.944. The SMILES string of the molecule is CC1CC(C)CN(c2c(C(=O)O)cc([N+](=O)[O-])cc2[N+](=O)[O-])C1. The van der Waals surface area contributed by atoms with Crippen molar-refractivity contribution in [3.8, 4) is 0 Å². The van der Waals surface area contributed by atoms with Crippen LogP contribution in [0.15, 0.2) is 12.1 Å². The normalized spacial score (nSPS) is 21.0. The molecule has 2 unspecified atom stereocenters. The predicted molar refractivity (Wildman–Crippen MR) is 81.9 cm³/mol. The van der Waals surface area contributed by atoms with Crippen LogP contribution in [0.5, 0.6) is 0 Å². The Kier molecular flexibility index (Phi) is 4.48. The van der Waals surface area contributed by atoms with Crippen LogP contribution in [0.3, 0.4) is 0 Å². The van der Waals surface area contributed by atoms with E-state index in [-0.39, 0.29) is 17.5 Å². The maximum absolute atomic E-state index is 11.5. The summed E-state index contributed by atoms with van der Waals surface area (Å²) in [5, 5.41) is 31.6. The van der Waals surface area contributed by atoms with Crippen LogP contribution in [0.1, 0.15) is 30.6 Å². The van der Waals surface area contributed by atoms with Crippen molar-refractivity contribution >= 4 is 23.0 Å². The van der Waals surface area contributed by atoms with E-state index in [1.807, 2.05) is 13.8 Å². The fourth-order valence-electron chi connectivity index (χ4n) is 3.19. The lowest BCUT2D eigenvalue weighted by atomic mass is 9.91. The molecule has 9 heteroatoms. The van der Waals surface area contributed by atoms with Crippen molar-refractivity contribution in [3.05, 3.63) is 37.9 Å². The van der Waals surface area contributed by atoms with Gasteiger partial charge in [0.15, 0.2) is 0 Å². The third-order valence-electron chi connectivity index (χ3n) is 3.90. The van der Waals surface area contributed by atoms with Crippen molar-refractivity contribution in [2.75, 3.05) is 18.0 Å². The van der Waals surface area contributed by atoms with Gasteiger partial charge in [0.25, 0.3) is 11.4 Å². The van der Waals surface area contributed by atoms with Gasteiger partial charge in [-0.1, -0.05) is 13.8 Å². The van der Waals surface area contributed by atoms with Crippen LogP contribution >= 0.6 is 0 Å². The molecule has 1 fully saturated rings. The van der Waals surface area contributed by atoms with Gasteiger partial charge in [-0.3, -0.25) is 20.2 Å². The Balaban J connectivity index is 2.66. The molecule has 9 nitrogen and oxygen atoms in total. The van der Waals surface area contributed by atoms with E-state index in [9.17, 15) is 30.1 Å². The summed E-state index contributed by atoms with van der Waals surface area (Å²) >= 11 is 0. The molecule has 1 aromatic rings. The number of carbonyl (C=O) groups is 1.